The molecule has 0 saturated heterocycles. The largest absolute Gasteiger partial charge is 0.497 e. The minimum atomic E-state index is 0.320. The van der Waals surface area contributed by atoms with E-state index >= 15 is 0 Å². The van der Waals surface area contributed by atoms with Crippen LogP contribution in [0.25, 0.3) is 0 Å². The lowest BCUT2D eigenvalue weighted by molar-refractivity contribution is 0.308. The van der Waals surface area contributed by atoms with Crippen LogP contribution in [-0.2, 0) is 0 Å². The zero-order valence-corrected chi connectivity index (χ0v) is 15.6. The molecule has 0 radical (unpaired) electrons. The molecule has 2 aromatic carbocycles. The molecule has 3 nitrogen and oxygen atoms in total. The molecule has 1 N–H and O–H groups in total. The van der Waals surface area contributed by atoms with E-state index in [2.05, 4.69) is 66.9 Å². The van der Waals surface area contributed by atoms with Crippen molar-refractivity contribution in [3.63, 3.8) is 0 Å². The van der Waals surface area contributed by atoms with Crippen molar-refractivity contribution < 1.29 is 9.47 Å². The van der Waals surface area contributed by atoms with Crippen molar-refractivity contribution in [3.8, 4) is 11.5 Å². The normalized spacial score (nSPS) is 23.1. The van der Waals surface area contributed by atoms with E-state index in [9.17, 15) is 0 Å². The fourth-order valence-electron chi connectivity index (χ4n) is 4.14. The Morgan fingerprint density at radius 1 is 1.08 bits per heavy atom. The van der Waals surface area contributed by atoms with Crippen LogP contribution in [0.1, 0.15) is 49.3 Å². The van der Waals surface area contributed by atoms with E-state index in [1.165, 1.54) is 16.8 Å². The van der Waals surface area contributed by atoms with E-state index in [1.54, 1.807) is 7.11 Å². The molecular weight excluding hydrogens is 322 g/mol. The third-order valence-corrected chi connectivity index (χ3v) is 5.58. The van der Waals surface area contributed by atoms with Crippen LogP contribution in [0.4, 0.5) is 5.69 Å². The molecule has 1 aliphatic heterocycles. The average molecular weight is 349 g/mol. The summed E-state index contributed by atoms with van der Waals surface area (Å²) in [5.41, 5.74) is 3.90. The van der Waals surface area contributed by atoms with E-state index in [-0.39, 0.29) is 0 Å². The molecule has 3 unspecified atom stereocenters. The van der Waals surface area contributed by atoms with Crippen LogP contribution in [-0.4, -0.2) is 13.7 Å². The fraction of sp³-hybridized carbons (Fsp3) is 0.391. The molecule has 1 heterocycles. The lowest BCUT2D eigenvalue weighted by atomic mass is 9.77. The van der Waals surface area contributed by atoms with Crippen LogP contribution in [0, 0.1) is 5.92 Å². The molecule has 136 valence electrons. The zero-order chi connectivity index (χ0) is 17.9. The van der Waals surface area contributed by atoms with E-state index in [0.29, 0.717) is 17.9 Å². The maximum absolute atomic E-state index is 5.93. The standard InChI is InChI=1S/C23H27NO2/c1-3-4-14-26-18-12-13-22-21(15-18)19-6-5-7-20(19)23(24-22)16-8-10-17(25-2)11-9-16/h5-6,8-13,15,19-20,23-24H,3-4,7,14H2,1-2H3. The highest BCUT2D eigenvalue weighted by Gasteiger charge is 2.38. The summed E-state index contributed by atoms with van der Waals surface area (Å²) in [6.45, 7) is 2.98. The van der Waals surface area contributed by atoms with Crippen molar-refractivity contribution in [1.29, 1.82) is 0 Å². The summed E-state index contributed by atoms with van der Waals surface area (Å²) in [6, 6.07) is 15.3. The van der Waals surface area contributed by atoms with E-state index in [4.69, 9.17) is 9.47 Å². The minimum Gasteiger partial charge on any atom is -0.497 e. The Balaban J connectivity index is 1.61. The second-order valence-electron chi connectivity index (χ2n) is 7.20. The number of hydrogen-bond donors (Lipinski definition) is 1. The van der Waals surface area contributed by atoms with E-state index < -0.39 is 0 Å². The SMILES string of the molecule is CCCCOc1ccc2c(c1)C1C=CCC1C(c1ccc(OC)cc1)N2. The van der Waals surface area contributed by atoms with Gasteiger partial charge in [-0.2, -0.15) is 0 Å². The Hall–Kier alpha value is -2.42. The molecule has 2 aliphatic rings. The predicted octanol–water partition coefficient (Wildman–Crippen LogP) is 5.70. The van der Waals surface area contributed by atoms with Gasteiger partial charge in [0.25, 0.3) is 0 Å². The van der Waals surface area contributed by atoms with Crippen molar-refractivity contribution in [2.75, 3.05) is 19.0 Å². The number of nitrogens with one attached hydrogen (secondary N) is 1. The third kappa shape index (κ3) is 3.18. The van der Waals surface area contributed by atoms with Crippen molar-refractivity contribution in [2.45, 2.75) is 38.1 Å². The van der Waals surface area contributed by atoms with Gasteiger partial charge < -0.3 is 14.8 Å². The van der Waals surface area contributed by atoms with Crippen molar-refractivity contribution in [3.05, 3.63) is 65.7 Å². The number of ether oxygens (including phenoxy) is 2. The molecule has 0 bridgehead atoms. The maximum Gasteiger partial charge on any atom is 0.119 e. The highest BCUT2D eigenvalue weighted by atomic mass is 16.5. The number of anilines is 1. The molecule has 26 heavy (non-hydrogen) atoms. The number of methoxy groups -OCH3 is 1. The number of rotatable bonds is 6. The molecule has 1 aliphatic carbocycles. The summed E-state index contributed by atoms with van der Waals surface area (Å²) in [4.78, 5) is 0. The van der Waals surface area contributed by atoms with Gasteiger partial charge in [-0.25, -0.2) is 0 Å². The Morgan fingerprint density at radius 3 is 2.65 bits per heavy atom. The highest BCUT2D eigenvalue weighted by Crippen LogP contribution is 2.50. The summed E-state index contributed by atoms with van der Waals surface area (Å²) in [6.07, 6.45) is 8.06. The highest BCUT2D eigenvalue weighted by molar-refractivity contribution is 5.61. The van der Waals surface area contributed by atoms with Gasteiger partial charge in [-0.05, 0) is 60.2 Å². The first-order chi connectivity index (χ1) is 12.8. The number of unbranched alkanes of at least 4 members (excludes halogenated alkanes) is 1. The topological polar surface area (TPSA) is 30.5 Å². The predicted molar refractivity (Wildman–Crippen MR) is 106 cm³/mol. The average Bonchev–Trinajstić information content (AvgIpc) is 3.18. The number of allylic oxidation sites excluding steroid dienone is 2. The Bertz CT molecular complexity index is 781. The first-order valence-electron chi connectivity index (χ1n) is 9.64. The first kappa shape index (κ1) is 17.0. The Morgan fingerprint density at radius 2 is 1.88 bits per heavy atom. The van der Waals surface area contributed by atoms with Crippen molar-refractivity contribution in [1.82, 2.24) is 0 Å². The van der Waals surface area contributed by atoms with Gasteiger partial charge in [-0.3, -0.25) is 0 Å². The van der Waals surface area contributed by atoms with Gasteiger partial charge in [-0.1, -0.05) is 37.6 Å². The molecule has 3 atom stereocenters. The van der Waals surface area contributed by atoms with Crippen LogP contribution in [0.3, 0.4) is 0 Å². The molecular formula is C23H27NO2. The summed E-state index contributed by atoms with van der Waals surface area (Å²) in [5, 5.41) is 3.78. The molecule has 0 fully saturated rings. The second-order valence-corrected chi connectivity index (χ2v) is 7.20. The molecule has 0 aromatic heterocycles. The number of fused-ring (bicyclic) bond motifs is 3. The molecule has 2 aromatic rings. The quantitative estimate of drug-likeness (QED) is 0.536. The molecule has 4 rings (SSSR count). The van der Waals surface area contributed by atoms with Crippen LogP contribution in [0.2, 0.25) is 0 Å². The smallest absolute Gasteiger partial charge is 0.119 e. The Labute approximate surface area is 156 Å². The van der Waals surface area contributed by atoms with Gasteiger partial charge in [0.15, 0.2) is 0 Å². The van der Waals surface area contributed by atoms with Crippen LogP contribution >= 0.6 is 0 Å². The van der Waals surface area contributed by atoms with Crippen molar-refractivity contribution in [2.24, 2.45) is 5.92 Å². The summed E-state index contributed by atoms with van der Waals surface area (Å²) >= 11 is 0. The lowest BCUT2D eigenvalue weighted by Crippen LogP contribution is -2.29. The van der Waals surface area contributed by atoms with Gasteiger partial charge in [0, 0.05) is 11.6 Å². The van der Waals surface area contributed by atoms with E-state index in [1.807, 2.05) is 0 Å². The monoisotopic (exact) mass is 349 g/mol. The van der Waals surface area contributed by atoms with Gasteiger partial charge >= 0.3 is 0 Å². The molecule has 0 amide bonds. The summed E-state index contributed by atoms with van der Waals surface area (Å²) < 4.78 is 11.2. The second kappa shape index (κ2) is 7.45. The Kier molecular flexibility index (Phi) is 4.87. The van der Waals surface area contributed by atoms with Gasteiger partial charge in [0.1, 0.15) is 11.5 Å². The van der Waals surface area contributed by atoms with Gasteiger partial charge in [0.2, 0.25) is 0 Å². The van der Waals surface area contributed by atoms with E-state index in [0.717, 1.165) is 37.4 Å². The molecule has 3 heteroatoms. The third-order valence-electron chi connectivity index (χ3n) is 5.58. The summed E-state index contributed by atoms with van der Waals surface area (Å²) in [7, 11) is 1.71. The van der Waals surface area contributed by atoms with Gasteiger partial charge in [0.05, 0.1) is 19.8 Å². The maximum atomic E-state index is 5.93. The van der Waals surface area contributed by atoms with Gasteiger partial charge in [-0.15, -0.1) is 0 Å². The lowest BCUT2D eigenvalue weighted by Gasteiger charge is -2.37. The minimum absolute atomic E-state index is 0.320. The fourth-order valence-corrected chi connectivity index (χ4v) is 4.14. The number of benzene rings is 2. The molecule has 0 saturated carbocycles. The van der Waals surface area contributed by atoms with Crippen LogP contribution in [0.15, 0.2) is 54.6 Å². The molecule has 0 spiro atoms. The zero-order valence-electron chi connectivity index (χ0n) is 15.6. The first-order valence-corrected chi connectivity index (χ1v) is 9.64. The van der Waals surface area contributed by atoms with Crippen molar-refractivity contribution >= 4 is 5.69 Å². The number of hydrogen-bond acceptors (Lipinski definition) is 3. The van der Waals surface area contributed by atoms with Crippen LogP contribution in [0.5, 0.6) is 11.5 Å². The van der Waals surface area contributed by atoms with Crippen LogP contribution < -0.4 is 14.8 Å². The summed E-state index contributed by atoms with van der Waals surface area (Å²) in [5.74, 6) is 2.88.